The van der Waals surface area contributed by atoms with Crippen molar-refractivity contribution in [2.45, 2.75) is 32.1 Å². The summed E-state index contributed by atoms with van der Waals surface area (Å²) in [4.78, 5) is 6.88. The number of guanidine groups is 1. The second-order valence-corrected chi connectivity index (χ2v) is 6.79. The largest absolute Gasteiger partial charge is 0.356 e. The number of hydrogen-bond acceptors (Lipinski definition) is 3. The molecule has 1 spiro atoms. The Bertz CT molecular complexity index is 721. The van der Waals surface area contributed by atoms with Crippen LogP contribution in [0.15, 0.2) is 29.4 Å². The van der Waals surface area contributed by atoms with Gasteiger partial charge in [-0.3, -0.25) is 9.39 Å². The lowest BCUT2D eigenvalue weighted by Crippen LogP contribution is -2.43. The Balaban J connectivity index is 0.00000169. The molecule has 4 rings (SSSR count). The Hall–Kier alpha value is -1.38. The van der Waals surface area contributed by atoms with Gasteiger partial charge in [-0.1, -0.05) is 12.5 Å². The van der Waals surface area contributed by atoms with Crippen molar-refractivity contribution in [1.29, 1.82) is 0 Å². The number of aliphatic imine (C=N–C) groups is 1. The highest BCUT2D eigenvalue weighted by molar-refractivity contribution is 14.0. The van der Waals surface area contributed by atoms with Crippen LogP contribution in [-0.2, 0) is 6.42 Å². The van der Waals surface area contributed by atoms with Crippen molar-refractivity contribution >= 4 is 35.6 Å². The third kappa shape index (κ3) is 3.22. The van der Waals surface area contributed by atoms with Gasteiger partial charge < -0.3 is 10.2 Å². The van der Waals surface area contributed by atoms with E-state index in [9.17, 15) is 0 Å². The highest BCUT2D eigenvalue weighted by atomic mass is 127. The number of rotatable bonds is 3. The Morgan fingerprint density at radius 2 is 2.17 bits per heavy atom. The molecule has 0 bridgehead atoms. The molecular weight excluding hydrogens is 415 g/mol. The van der Waals surface area contributed by atoms with Crippen LogP contribution in [0.5, 0.6) is 0 Å². The van der Waals surface area contributed by atoms with Crippen LogP contribution in [-0.4, -0.2) is 52.1 Å². The molecule has 7 heteroatoms. The fourth-order valence-corrected chi connectivity index (χ4v) is 3.88. The molecule has 2 aromatic rings. The molecule has 24 heavy (non-hydrogen) atoms. The van der Waals surface area contributed by atoms with Crippen molar-refractivity contribution in [2.24, 2.45) is 10.4 Å². The van der Waals surface area contributed by atoms with E-state index in [-0.39, 0.29) is 24.0 Å². The molecule has 0 radical (unpaired) electrons. The van der Waals surface area contributed by atoms with E-state index in [0.29, 0.717) is 5.41 Å². The average molecular weight is 440 g/mol. The van der Waals surface area contributed by atoms with Crippen LogP contribution in [0, 0.1) is 5.41 Å². The van der Waals surface area contributed by atoms with Gasteiger partial charge in [-0.05, 0) is 36.8 Å². The van der Waals surface area contributed by atoms with Crippen LogP contribution in [0.25, 0.3) is 5.65 Å². The summed E-state index contributed by atoms with van der Waals surface area (Å²) in [6.07, 6.45) is 8.37. The highest BCUT2D eigenvalue weighted by Gasteiger charge is 2.43. The molecule has 0 amide bonds. The third-order valence-electron chi connectivity index (χ3n) is 5.38. The number of likely N-dealkylation sites (tertiary alicyclic amines) is 1. The Labute approximate surface area is 159 Å². The zero-order chi connectivity index (χ0) is 15.7. The monoisotopic (exact) mass is 440 g/mol. The number of fused-ring (bicyclic) bond motifs is 1. The predicted octanol–water partition coefficient (Wildman–Crippen LogP) is 2.34. The maximum Gasteiger partial charge on any atom is 0.193 e. The minimum Gasteiger partial charge on any atom is -0.356 e. The zero-order valence-corrected chi connectivity index (χ0v) is 16.4. The minimum atomic E-state index is 0. The van der Waals surface area contributed by atoms with Crippen molar-refractivity contribution in [1.82, 2.24) is 24.8 Å². The molecule has 1 saturated heterocycles. The van der Waals surface area contributed by atoms with Crippen molar-refractivity contribution in [3.63, 3.8) is 0 Å². The van der Waals surface area contributed by atoms with Crippen LogP contribution in [0.1, 0.15) is 31.5 Å². The van der Waals surface area contributed by atoms with Crippen molar-refractivity contribution < 1.29 is 0 Å². The van der Waals surface area contributed by atoms with Crippen molar-refractivity contribution in [3.8, 4) is 0 Å². The van der Waals surface area contributed by atoms with Gasteiger partial charge in [0, 0.05) is 39.3 Å². The fraction of sp³-hybridized carbons (Fsp3) is 0.588. The first kappa shape index (κ1) is 17.4. The first-order chi connectivity index (χ1) is 11.3. The highest BCUT2D eigenvalue weighted by Crippen LogP contribution is 2.47. The van der Waals surface area contributed by atoms with E-state index in [2.05, 4.69) is 25.4 Å². The van der Waals surface area contributed by atoms with Gasteiger partial charge in [0.2, 0.25) is 0 Å². The van der Waals surface area contributed by atoms with Gasteiger partial charge in [0.05, 0.1) is 0 Å². The molecule has 130 valence electrons. The molecule has 1 aliphatic carbocycles. The SMILES string of the molecule is CN=C(NCCc1nnc2ccccn12)N1CCC2(CCC2)C1.I. The molecule has 6 nitrogen and oxygen atoms in total. The van der Waals surface area contributed by atoms with E-state index in [1.165, 1.54) is 32.2 Å². The van der Waals surface area contributed by atoms with Crippen LogP contribution in [0.2, 0.25) is 0 Å². The number of nitrogens with one attached hydrogen (secondary N) is 1. The number of nitrogens with zero attached hydrogens (tertiary/aromatic N) is 5. The van der Waals surface area contributed by atoms with E-state index in [1.54, 1.807) is 0 Å². The molecule has 0 aromatic carbocycles. The van der Waals surface area contributed by atoms with Gasteiger partial charge in [0.25, 0.3) is 0 Å². The summed E-state index contributed by atoms with van der Waals surface area (Å²) in [5.74, 6) is 2.02. The molecule has 1 N–H and O–H groups in total. The summed E-state index contributed by atoms with van der Waals surface area (Å²) >= 11 is 0. The molecule has 1 saturated carbocycles. The summed E-state index contributed by atoms with van der Waals surface area (Å²) in [7, 11) is 1.88. The second-order valence-electron chi connectivity index (χ2n) is 6.79. The summed E-state index contributed by atoms with van der Waals surface area (Å²) in [6.45, 7) is 3.12. The molecule has 0 unspecified atom stereocenters. The molecular formula is C17H25IN6. The fourth-order valence-electron chi connectivity index (χ4n) is 3.88. The average Bonchev–Trinajstić information content (AvgIpc) is 3.16. The maximum atomic E-state index is 4.46. The lowest BCUT2D eigenvalue weighted by atomic mass is 9.68. The van der Waals surface area contributed by atoms with E-state index >= 15 is 0 Å². The number of pyridine rings is 1. The topological polar surface area (TPSA) is 57.8 Å². The molecule has 3 heterocycles. The van der Waals surface area contributed by atoms with E-state index in [0.717, 1.165) is 36.9 Å². The minimum absolute atomic E-state index is 0. The first-order valence-electron chi connectivity index (χ1n) is 8.54. The van der Waals surface area contributed by atoms with Crippen LogP contribution < -0.4 is 5.32 Å². The van der Waals surface area contributed by atoms with Crippen molar-refractivity contribution in [3.05, 3.63) is 30.2 Å². The number of halogens is 1. The molecule has 2 aliphatic rings. The molecule has 1 aliphatic heterocycles. The van der Waals surface area contributed by atoms with E-state index in [4.69, 9.17) is 0 Å². The summed E-state index contributed by atoms with van der Waals surface area (Å²) in [5.41, 5.74) is 1.50. The van der Waals surface area contributed by atoms with E-state index in [1.807, 2.05) is 35.8 Å². The normalized spacial score (nSPS) is 19.4. The molecule has 2 aromatic heterocycles. The third-order valence-corrected chi connectivity index (χ3v) is 5.38. The van der Waals surface area contributed by atoms with Crippen LogP contribution >= 0.6 is 24.0 Å². The maximum absolute atomic E-state index is 4.46. The number of hydrogen-bond donors (Lipinski definition) is 1. The van der Waals surface area contributed by atoms with Crippen LogP contribution in [0.3, 0.4) is 0 Å². The standard InChI is InChI=1S/C17H24N6.HI/c1-18-16(22-12-9-17(13-22)7-4-8-17)19-10-6-15-21-20-14-5-2-3-11-23(14)15;/h2-3,5,11H,4,6-10,12-13H2,1H3,(H,18,19);1H. The lowest BCUT2D eigenvalue weighted by Gasteiger charge is -2.38. The predicted molar refractivity (Wildman–Crippen MR) is 106 cm³/mol. The zero-order valence-electron chi connectivity index (χ0n) is 14.1. The Kier molecular flexibility index (Phi) is 5.27. The first-order valence-corrected chi connectivity index (χ1v) is 8.54. The van der Waals surface area contributed by atoms with Gasteiger partial charge in [-0.15, -0.1) is 34.2 Å². The van der Waals surface area contributed by atoms with Gasteiger partial charge in [0.15, 0.2) is 11.6 Å². The second kappa shape index (κ2) is 7.25. The molecule has 2 fully saturated rings. The van der Waals surface area contributed by atoms with E-state index < -0.39 is 0 Å². The van der Waals surface area contributed by atoms with Gasteiger partial charge in [0.1, 0.15) is 5.82 Å². The lowest BCUT2D eigenvalue weighted by molar-refractivity contribution is 0.151. The Morgan fingerprint density at radius 1 is 1.29 bits per heavy atom. The van der Waals surface area contributed by atoms with Gasteiger partial charge in [-0.25, -0.2) is 0 Å². The van der Waals surface area contributed by atoms with Gasteiger partial charge in [-0.2, -0.15) is 0 Å². The van der Waals surface area contributed by atoms with Crippen molar-refractivity contribution in [2.75, 3.05) is 26.7 Å². The molecule has 0 atom stereocenters. The van der Waals surface area contributed by atoms with Gasteiger partial charge >= 0.3 is 0 Å². The summed E-state index contributed by atoms with van der Waals surface area (Å²) < 4.78 is 2.05. The van der Waals surface area contributed by atoms with Crippen LogP contribution in [0.4, 0.5) is 0 Å². The quantitative estimate of drug-likeness (QED) is 0.453. The summed E-state index contributed by atoms with van der Waals surface area (Å²) in [5, 5.41) is 12.0. The number of aromatic nitrogens is 3. The summed E-state index contributed by atoms with van der Waals surface area (Å²) in [6, 6.07) is 5.97. The smallest absolute Gasteiger partial charge is 0.193 e. The Morgan fingerprint density at radius 3 is 2.88 bits per heavy atom.